The van der Waals surface area contributed by atoms with Gasteiger partial charge in [0.2, 0.25) is 0 Å². The normalized spacial score (nSPS) is 10.1. The van der Waals surface area contributed by atoms with Crippen molar-refractivity contribution in [2.24, 2.45) is 0 Å². The Labute approximate surface area is 95.2 Å². The quantitative estimate of drug-likeness (QED) is 0.768. The Balaban J connectivity index is 2.92. The van der Waals surface area contributed by atoms with E-state index in [1.54, 1.807) is 13.8 Å². The summed E-state index contributed by atoms with van der Waals surface area (Å²) in [4.78, 5) is 26.7. The summed E-state index contributed by atoms with van der Waals surface area (Å²) in [7, 11) is 0. The van der Waals surface area contributed by atoms with Gasteiger partial charge in [-0.2, -0.15) is 0 Å². The number of rotatable bonds is 3. The predicted molar refractivity (Wildman–Crippen MR) is 57.6 cm³/mol. The van der Waals surface area contributed by atoms with E-state index < -0.39 is 5.97 Å². The van der Waals surface area contributed by atoms with Gasteiger partial charge >= 0.3 is 5.97 Å². The fraction of sp³-hybridized carbons (Fsp3) is 0.444. The summed E-state index contributed by atoms with van der Waals surface area (Å²) in [5.74, 6) is -0.447. The summed E-state index contributed by atoms with van der Waals surface area (Å²) in [5.41, 5.74) is 0.315. The van der Waals surface area contributed by atoms with E-state index >= 15 is 0 Å². The van der Waals surface area contributed by atoms with Crippen molar-refractivity contribution in [3.05, 3.63) is 26.8 Å². The first-order valence-corrected chi connectivity index (χ1v) is 5.22. The van der Waals surface area contributed by atoms with E-state index in [2.05, 4.69) is 20.9 Å². The Bertz CT molecular complexity index is 428. The van der Waals surface area contributed by atoms with Gasteiger partial charge in [-0.15, -0.1) is 0 Å². The van der Waals surface area contributed by atoms with E-state index in [9.17, 15) is 9.59 Å². The molecule has 0 aliphatic heterocycles. The SMILES string of the molecule is CCOC(=O)Cn1cnc(C)c(Br)c1=O. The van der Waals surface area contributed by atoms with Gasteiger partial charge in [0.25, 0.3) is 5.56 Å². The van der Waals surface area contributed by atoms with Gasteiger partial charge in [0.1, 0.15) is 11.0 Å². The average Bonchev–Trinajstić information content (AvgIpc) is 2.20. The molecule has 0 aromatic carbocycles. The zero-order valence-corrected chi connectivity index (χ0v) is 10.1. The lowest BCUT2D eigenvalue weighted by Gasteiger charge is -2.05. The first-order valence-electron chi connectivity index (χ1n) is 4.43. The van der Waals surface area contributed by atoms with Crippen LogP contribution in [0.15, 0.2) is 15.6 Å². The summed E-state index contributed by atoms with van der Waals surface area (Å²) in [6, 6.07) is 0. The number of hydrogen-bond donors (Lipinski definition) is 0. The fourth-order valence-corrected chi connectivity index (χ4v) is 1.33. The molecule has 0 saturated carbocycles. The second-order valence-electron chi connectivity index (χ2n) is 2.88. The van der Waals surface area contributed by atoms with Crippen LogP contribution in [0.4, 0.5) is 0 Å². The van der Waals surface area contributed by atoms with E-state index in [0.29, 0.717) is 16.8 Å². The maximum Gasteiger partial charge on any atom is 0.326 e. The second kappa shape index (κ2) is 5.06. The van der Waals surface area contributed by atoms with Crippen molar-refractivity contribution in [2.75, 3.05) is 6.61 Å². The lowest BCUT2D eigenvalue weighted by Crippen LogP contribution is -2.26. The Morgan fingerprint density at radius 2 is 2.33 bits per heavy atom. The molecule has 0 spiro atoms. The lowest BCUT2D eigenvalue weighted by molar-refractivity contribution is -0.143. The molecule has 0 fully saturated rings. The number of ether oxygens (including phenoxy) is 1. The van der Waals surface area contributed by atoms with Crippen LogP contribution in [0.5, 0.6) is 0 Å². The van der Waals surface area contributed by atoms with Crippen molar-refractivity contribution >= 4 is 21.9 Å². The van der Waals surface area contributed by atoms with Crippen molar-refractivity contribution in [1.82, 2.24) is 9.55 Å². The molecular formula is C9H11BrN2O3. The van der Waals surface area contributed by atoms with Gasteiger partial charge in [-0.05, 0) is 29.8 Å². The van der Waals surface area contributed by atoms with E-state index in [1.807, 2.05) is 0 Å². The van der Waals surface area contributed by atoms with Crippen LogP contribution in [0.2, 0.25) is 0 Å². The van der Waals surface area contributed by atoms with E-state index in [1.165, 1.54) is 10.9 Å². The third-order valence-electron chi connectivity index (χ3n) is 1.76. The Morgan fingerprint density at radius 3 is 2.93 bits per heavy atom. The van der Waals surface area contributed by atoms with Crippen LogP contribution in [0.3, 0.4) is 0 Å². The van der Waals surface area contributed by atoms with Gasteiger partial charge < -0.3 is 4.74 Å². The molecule has 1 aromatic heterocycles. The highest BCUT2D eigenvalue weighted by atomic mass is 79.9. The van der Waals surface area contributed by atoms with Crippen molar-refractivity contribution in [2.45, 2.75) is 20.4 Å². The van der Waals surface area contributed by atoms with Crippen LogP contribution in [-0.2, 0) is 16.1 Å². The molecule has 1 aromatic rings. The fourth-order valence-electron chi connectivity index (χ4n) is 1.00. The van der Waals surface area contributed by atoms with Crippen LogP contribution < -0.4 is 5.56 Å². The summed E-state index contributed by atoms with van der Waals surface area (Å²) < 4.78 is 6.30. The molecule has 0 unspecified atom stereocenters. The van der Waals surface area contributed by atoms with Crippen LogP contribution >= 0.6 is 15.9 Å². The summed E-state index contributed by atoms with van der Waals surface area (Å²) in [6.07, 6.45) is 1.33. The maximum absolute atomic E-state index is 11.6. The highest BCUT2D eigenvalue weighted by Gasteiger charge is 2.09. The first kappa shape index (κ1) is 11.9. The van der Waals surface area contributed by atoms with Crippen molar-refractivity contribution < 1.29 is 9.53 Å². The molecule has 6 heteroatoms. The molecule has 15 heavy (non-hydrogen) atoms. The maximum atomic E-state index is 11.6. The van der Waals surface area contributed by atoms with E-state index in [0.717, 1.165) is 0 Å². The molecule has 0 amide bonds. The average molecular weight is 275 g/mol. The van der Waals surface area contributed by atoms with Gasteiger partial charge in [0.05, 0.1) is 18.6 Å². The standard InChI is InChI=1S/C9H11BrN2O3/c1-3-15-7(13)4-12-5-11-6(2)8(10)9(12)14/h5H,3-4H2,1-2H3. The van der Waals surface area contributed by atoms with Gasteiger partial charge in [0, 0.05) is 0 Å². The third-order valence-corrected chi connectivity index (χ3v) is 2.67. The Hall–Kier alpha value is -1.17. The molecule has 0 saturated heterocycles. The molecule has 0 aliphatic rings. The molecule has 1 heterocycles. The number of aryl methyl sites for hydroxylation is 1. The van der Waals surface area contributed by atoms with Crippen LogP contribution in [0.1, 0.15) is 12.6 Å². The molecule has 82 valence electrons. The smallest absolute Gasteiger partial charge is 0.326 e. The lowest BCUT2D eigenvalue weighted by atomic mass is 10.4. The molecule has 0 aliphatic carbocycles. The topological polar surface area (TPSA) is 61.2 Å². The minimum atomic E-state index is -0.447. The van der Waals surface area contributed by atoms with Crippen molar-refractivity contribution in [1.29, 1.82) is 0 Å². The first-order chi connectivity index (χ1) is 7.06. The van der Waals surface area contributed by atoms with Crippen molar-refractivity contribution in [3.63, 3.8) is 0 Å². The van der Waals surface area contributed by atoms with Gasteiger partial charge in [-0.1, -0.05) is 0 Å². The number of nitrogens with zero attached hydrogens (tertiary/aromatic N) is 2. The highest BCUT2D eigenvalue weighted by molar-refractivity contribution is 9.10. The minimum Gasteiger partial charge on any atom is -0.465 e. The molecule has 0 atom stereocenters. The van der Waals surface area contributed by atoms with Gasteiger partial charge in [0.15, 0.2) is 0 Å². The van der Waals surface area contributed by atoms with Crippen LogP contribution in [0.25, 0.3) is 0 Å². The number of halogens is 1. The Kier molecular flexibility index (Phi) is 4.02. The molecule has 0 bridgehead atoms. The number of hydrogen-bond acceptors (Lipinski definition) is 4. The number of carbonyl (C=O) groups is 1. The summed E-state index contributed by atoms with van der Waals surface area (Å²) >= 11 is 3.11. The molecule has 0 radical (unpaired) electrons. The summed E-state index contributed by atoms with van der Waals surface area (Å²) in [6.45, 7) is 3.61. The van der Waals surface area contributed by atoms with E-state index in [-0.39, 0.29) is 12.1 Å². The third kappa shape index (κ3) is 2.89. The van der Waals surface area contributed by atoms with Crippen molar-refractivity contribution in [3.8, 4) is 0 Å². The minimum absolute atomic E-state index is 0.113. The highest BCUT2D eigenvalue weighted by Crippen LogP contribution is 2.05. The number of aromatic nitrogens is 2. The van der Waals surface area contributed by atoms with Gasteiger partial charge in [-0.25, -0.2) is 4.98 Å². The largest absolute Gasteiger partial charge is 0.465 e. The number of esters is 1. The molecular weight excluding hydrogens is 264 g/mol. The molecule has 1 rings (SSSR count). The molecule has 0 N–H and O–H groups in total. The van der Waals surface area contributed by atoms with E-state index in [4.69, 9.17) is 4.74 Å². The predicted octanol–water partition coefficient (Wildman–Crippen LogP) is 0.877. The van der Waals surface area contributed by atoms with Crippen LogP contribution in [-0.4, -0.2) is 22.1 Å². The second-order valence-corrected chi connectivity index (χ2v) is 3.68. The zero-order chi connectivity index (χ0) is 11.4. The zero-order valence-electron chi connectivity index (χ0n) is 8.49. The van der Waals surface area contributed by atoms with Gasteiger partial charge in [-0.3, -0.25) is 14.2 Å². The number of carbonyl (C=O) groups excluding carboxylic acids is 1. The summed E-state index contributed by atoms with van der Waals surface area (Å²) in [5, 5.41) is 0. The monoisotopic (exact) mass is 274 g/mol. The Morgan fingerprint density at radius 1 is 1.67 bits per heavy atom. The van der Waals surface area contributed by atoms with Crippen LogP contribution in [0, 0.1) is 6.92 Å². The molecule has 5 nitrogen and oxygen atoms in total.